The molecule has 0 fully saturated rings. The Morgan fingerprint density at radius 3 is 2.47 bits per heavy atom. The smallest absolute Gasteiger partial charge is 0.344 e. The minimum atomic E-state index is -0.618. The van der Waals surface area contributed by atoms with Crippen molar-refractivity contribution < 1.29 is 28.6 Å². The number of benzene rings is 2. The molecule has 0 spiro atoms. The SMILES string of the molecule is CCOC(=O)COc1c(Br)cc(C=NNC(=O)CC(=O)Nc2ccc(Cl)c(Cl)c2)cc1OCC. The summed E-state index contributed by atoms with van der Waals surface area (Å²) in [5.74, 6) is -0.971. The maximum Gasteiger partial charge on any atom is 0.344 e. The third-order valence-electron chi connectivity index (χ3n) is 3.90. The van der Waals surface area contributed by atoms with E-state index in [1.165, 1.54) is 18.3 Å². The first-order chi connectivity index (χ1) is 16.2. The topological polar surface area (TPSA) is 115 Å². The van der Waals surface area contributed by atoms with Crippen molar-refractivity contribution in [1.29, 1.82) is 0 Å². The lowest BCUT2D eigenvalue weighted by Crippen LogP contribution is -2.24. The molecule has 2 N–H and O–H groups in total. The molecule has 2 rings (SSSR count). The molecule has 0 unspecified atom stereocenters. The number of amides is 2. The molecule has 9 nitrogen and oxygen atoms in total. The molecule has 12 heteroatoms. The Morgan fingerprint density at radius 1 is 1.03 bits per heavy atom. The van der Waals surface area contributed by atoms with Crippen LogP contribution >= 0.6 is 39.1 Å². The average Bonchev–Trinajstić information content (AvgIpc) is 2.76. The molecule has 2 aromatic carbocycles. The van der Waals surface area contributed by atoms with Crippen LogP contribution in [-0.2, 0) is 19.1 Å². The first-order valence-corrected chi connectivity index (χ1v) is 11.6. The van der Waals surface area contributed by atoms with Gasteiger partial charge in [-0.1, -0.05) is 23.2 Å². The van der Waals surface area contributed by atoms with Gasteiger partial charge in [0.25, 0.3) is 0 Å². The Balaban J connectivity index is 1.96. The molecule has 0 bridgehead atoms. The average molecular weight is 575 g/mol. The number of esters is 1. The standard InChI is InChI=1S/C22H22BrCl2N3O6/c1-3-32-18-8-13(7-15(23)22(18)34-12-21(31)33-4-2)11-26-28-20(30)10-19(29)27-14-5-6-16(24)17(25)9-14/h5-9,11H,3-4,10,12H2,1-2H3,(H,27,29)(H,28,30). The largest absolute Gasteiger partial charge is 0.490 e. The zero-order valence-electron chi connectivity index (χ0n) is 18.3. The molecule has 2 aromatic rings. The van der Waals surface area contributed by atoms with Gasteiger partial charge in [0.15, 0.2) is 18.1 Å². The number of rotatable bonds is 11. The third kappa shape index (κ3) is 8.85. The molecule has 34 heavy (non-hydrogen) atoms. The monoisotopic (exact) mass is 573 g/mol. The third-order valence-corrected chi connectivity index (χ3v) is 5.23. The fraction of sp³-hybridized carbons (Fsp3) is 0.273. The van der Waals surface area contributed by atoms with Crippen molar-refractivity contribution in [3.63, 3.8) is 0 Å². The predicted molar refractivity (Wildman–Crippen MR) is 133 cm³/mol. The van der Waals surface area contributed by atoms with Crippen LogP contribution in [0.1, 0.15) is 25.8 Å². The Kier molecular flexibility index (Phi) is 11.1. The second-order valence-electron chi connectivity index (χ2n) is 6.50. The van der Waals surface area contributed by atoms with Crippen LogP contribution in [0.15, 0.2) is 39.9 Å². The maximum absolute atomic E-state index is 12.0. The minimum Gasteiger partial charge on any atom is -0.490 e. The second kappa shape index (κ2) is 13.8. The molecule has 0 radical (unpaired) electrons. The summed E-state index contributed by atoms with van der Waals surface area (Å²) in [5.41, 5.74) is 3.26. The van der Waals surface area contributed by atoms with Crippen molar-refractivity contribution in [2.45, 2.75) is 20.3 Å². The van der Waals surface area contributed by atoms with E-state index in [2.05, 4.69) is 31.8 Å². The van der Waals surface area contributed by atoms with Gasteiger partial charge >= 0.3 is 5.97 Å². The number of nitrogens with zero attached hydrogens (tertiary/aromatic N) is 1. The van der Waals surface area contributed by atoms with Gasteiger partial charge in [0.1, 0.15) is 6.42 Å². The predicted octanol–water partition coefficient (Wildman–Crippen LogP) is 4.58. The van der Waals surface area contributed by atoms with Crippen LogP contribution in [0, 0.1) is 0 Å². The van der Waals surface area contributed by atoms with Gasteiger partial charge in [0.2, 0.25) is 11.8 Å². The van der Waals surface area contributed by atoms with Gasteiger partial charge < -0.3 is 19.5 Å². The molecule has 182 valence electrons. The van der Waals surface area contributed by atoms with Gasteiger partial charge in [-0.15, -0.1) is 0 Å². The van der Waals surface area contributed by atoms with Crippen LogP contribution < -0.4 is 20.2 Å². The summed E-state index contributed by atoms with van der Waals surface area (Å²) in [6, 6.07) is 7.87. The highest BCUT2D eigenvalue weighted by Gasteiger charge is 2.14. The van der Waals surface area contributed by atoms with E-state index >= 15 is 0 Å². The van der Waals surface area contributed by atoms with Gasteiger partial charge in [-0.3, -0.25) is 9.59 Å². The molecule has 0 saturated heterocycles. The summed E-state index contributed by atoms with van der Waals surface area (Å²) < 4.78 is 16.5. The Labute approximate surface area is 214 Å². The van der Waals surface area contributed by atoms with E-state index < -0.39 is 24.2 Å². The highest BCUT2D eigenvalue weighted by molar-refractivity contribution is 9.10. The number of ether oxygens (including phenoxy) is 3. The lowest BCUT2D eigenvalue weighted by Gasteiger charge is -2.14. The molecule has 0 heterocycles. The number of anilines is 1. The van der Waals surface area contributed by atoms with E-state index in [4.69, 9.17) is 37.4 Å². The van der Waals surface area contributed by atoms with Gasteiger partial charge in [-0.25, -0.2) is 10.2 Å². The summed E-state index contributed by atoms with van der Waals surface area (Å²) >= 11 is 15.1. The first kappa shape index (κ1) is 27.4. The van der Waals surface area contributed by atoms with E-state index in [0.717, 1.165) is 0 Å². The van der Waals surface area contributed by atoms with Crippen LogP contribution in [0.2, 0.25) is 10.0 Å². The lowest BCUT2D eigenvalue weighted by atomic mass is 10.2. The Bertz CT molecular complexity index is 1080. The van der Waals surface area contributed by atoms with Crippen molar-refractivity contribution in [1.82, 2.24) is 5.43 Å². The summed E-state index contributed by atoms with van der Waals surface area (Å²) in [5, 5.41) is 7.04. The zero-order valence-corrected chi connectivity index (χ0v) is 21.4. The lowest BCUT2D eigenvalue weighted by molar-refractivity contribution is -0.145. The highest BCUT2D eigenvalue weighted by atomic mass is 79.9. The summed E-state index contributed by atoms with van der Waals surface area (Å²) in [4.78, 5) is 35.6. The number of carbonyl (C=O) groups excluding carboxylic acids is 3. The number of hydrogen-bond donors (Lipinski definition) is 2. The number of hydrazone groups is 1. The van der Waals surface area contributed by atoms with Crippen LogP contribution in [0.5, 0.6) is 11.5 Å². The summed E-state index contributed by atoms with van der Waals surface area (Å²) in [6.45, 7) is 3.83. The Morgan fingerprint density at radius 2 is 1.79 bits per heavy atom. The van der Waals surface area contributed by atoms with E-state index in [9.17, 15) is 14.4 Å². The van der Waals surface area contributed by atoms with E-state index in [0.29, 0.717) is 38.9 Å². The molecule has 0 aliphatic heterocycles. The van der Waals surface area contributed by atoms with Gasteiger partial charge in [0, 0.05) is 5.69 Å². The molecular weight excluding hydrogens is 553 g/mol. The van der Waals surface area contributed by atoms with E-state index in [1.807, 2.05) is 0 Å². The van der Waals surface area contributed by atoms with E-state index in [-0.39, 0.29) is 18.2 Å². The Hall–Kier alpha value is -2.82. The molecule has 0 saturated carbocycles. The fourth-order valence-corrected chi connectivity index (χ4v) is 3.41. The van der Waals surface area contributed by atoms with Crippen LogP contribution in [0.3, 0.4) is 0 Å². The molecule has 2 amide bonds. The fourth-order valence-electron chi connectivity index (χ4n) is 2.54. The molecular formula is C22H22BrCl2N3O6. The summed E-state index contributed by atoms with van der Waals surface area (Å²) in [7, 11) is 0. The molecule has 0 aliphatic rings. The first-order valence-electron chi connectivity index (χ1n) is 10.0. The van der Waals surface area contributed by atoms with Crippen molar-refractivity contribution >= 4 is 68.8 Å². The second-order valence-corrected chi connectivity index (χ2v) is 8.17. The number of halogens is 3. The highest BCUT2D eigenvalue weighted by Crippen LogP contribution is 2.36. The van der Waals surface area contributed by atoms with Gasteiger partial charge in [0.05, 0.1) is 33.9 Å². The van der Waals surface area contributed by atoms with Crippen LogP contribution in [0.4, 0.5) is 5.69 Å². The number of hydrogen-bond acceptors (Lipinski definition) is 7. The van der Waals surface area contributed by atoms with Crippen molar-refractivity contribution in [3.8, 4) is 11.5 Å². The van der Waals surface area contributed by atoms with Crippen LogP contribution in [0.25, 0.3) is 0 Å². The maximum atomic E-state index is 12.0. The van der Waals surface area contributed by atoms with Crippen molar-refractivity contribution in [2.24, 2.45) is 5.10 Å². The van der Waals surface area contributed by atoms with Gasteiger partial charge in [-0.2, -0.15) is 5.10 Å². The molecule has 0 atom stereocenters. The summed E-state index contributed by atoms with van der Waals surface area (Å²) in [6.07, 6.45) is 0.920. The zero-order chi connectivity index (χ0) is 25.1. The number of carbonyl (C=O) groups is 3. The van der Waals surface area contributed by atoms with Crippen molar-refractivity contribution in [2.75, 3.05) is 25.1 Å². The van der Waals surface area contributed by atoms with E-state index in [1.54, 1.807) is 32.0 Å². The van der Waals surface area contributed by atoms with Crippen molar-refractivity contribution in [3.05, 3.63) is 50.4 Å². The van der Waals surface area contributed by atoms with Gasteiger partial charge in [-0.05, 0) is 65.7 Å². The minimum absolute atomic E-state index is 0.250. The molecule has 0 aromatic heterocycles. The normalized spacial score (nSPS) is 10.6. The molecule has 0 aliphatic carbocycles. The number of nitrogens with one attached hydrogen (secondary N) is 2. The van der Waals surface area contributed by atoms with Crippen LogP contribution in [-0.4, -0.2) is 43.8 Å². The quantitative estimate of drug-likeness (QED) is 0.176.